The number of alkyl halides is 3. The molecule has 6 nitrogen and oxygen atoms in total. The molecule has 1 aliphatic rings. The van der Waals surface area contributed by atoms with E-state index >= 15 is 0 Å². The topological polar surface area (TPSA) is 76.7 Å². The summed E-state index contributed by atoms with van der Waals surface area (Å²) in [5.41, 5.74) is -1.27. The first kappa shape index (κ1) is 23.6. The van der Waals surface area contributed by atoms with Crippen LogP contribution in [0.4, 0.5) is 24.5 Å². The zero-order valence-electron chi connectivity index (χ0n) is 17.8. The van der Waals surface area contributed by atoms with Crippen LogP contribution in [0, 0.1) is 0 Å². The molecule has 1 saturated heterocycles. The van der Waals surface area contributed by atoms with E-state index in [1.54, 1.807) is 0 Å². The maximum atomic E-state index is 13.1. The lowest BCUT2D eigenvalue weighted by Crippen LogP contribution is -2.41. The van der Waals surface area contributed by atoms with Crippen molar-refractivity contribution in [1.29, 1.82) is 0 Å². The predicted molar refractivity (Wildman–Crippen MR) is 113 cm³/mol. The third kappa shape index (κ3) is 4.74. The number of anilines is 2. The Kier molecular flexibility index (Phi) is 5.94. The maximum Gasteiger partial charge on any atom is 0.497 e. The van der Waals surface area contributed by atoms with Gasteiger partial charge in [-0.3, -0.25) is 0 Å². The summed E-state index contributed by atoms with van der Waals surface area (Å²) in [6, 6.07) is 8.96. The summed E-state index contributed by atoms with van der Waals surface area (Å²) in [7, 11) is -3.40. The molecule has 2 aromatic carbocycles. The van der Waals surface area contributed by atoms with Crippen molar-refractivity contribution in [2.45, 2.75) is 50.0 Å². The minimum absolute atomic E-state index is 0.0192. The average molecular weight is 456 g/mol. The van der Waals surface area contributed by atoms with Crippen molar-refractivity contribution in [2.24, 2.45) is 0 Å². The molecule has 0 saturated carbocycles. The van der Waals surface area contributed by atoms with Crippen LogP contribution in [0.5, 0.6) is 0 Å². The highest BCUT2D eigenvalue weighted by atomic mass is 32.2. The van der Waals surface area contributed by atoms with Crippen molar-refractivity contribution in [1.82, 2.24) is 4.72 Å². The molecule has 0 aromatic heterocycles. The van der Waals surface area contributed by atoms with Crippen molar-refractivity contribution in [3.8, 4) is 0 Å². The van der Waals surface area contributed by atoms with Gasteiger partial charge in [0, 0.05) is 16.8 Å². The molecule has 1 fully saturated rings. The van der Waals surface area contributed by atoms with E-state index in [0.717, 1.165) is 12.1 Å². The minimum Gasteiger partial charge on any atom is -0.399 e. The van der Waals surface area contributed by atoms with Crippen LogP contribution >= 0.6 is 0 Å². The number of nitrogens with one attached hydrogen (secondary N) is 2. The second kappa shape index (κ2) is 7.81. The predicted octanol–water partition coefficient (Wildman–Crippen LogP) is 3.66. The Balaban J connectivity index is 2.07. The smallest absolute Gasteiger partial charge is 0.399 e. The standard InChI is InChI=1S/C20H24BF3N2O4S/c1-18(2)19(3,4)30-21(29-18)16-12-15(31(27,28)25-5)9-10-17(16)26-14-8-6-7-13(11-14)20(22,23)24/h6-12,25-26H,1-5H3. The van der Waals surface area contributed by atoms with Gasteiger partial charge in [0.15, 0.2) is 0 Å². The van der Waals surface area contributed by atoms with Gasteiger partial charge in [-0.1, -0.05) is 6.07 Å². The number of hydrogen-bond donors (Lipinski definition) is 2. The first-order valence-electron chi connectivity index (χ1n) is 9.54. The lowest BCUT2D eigenvalue weighted by molar-refractivity contribution is -0.137. The SMILES string of the molecule is CNS(=O)(=O)c1ccc(Nc2cccc(C(F)(F)F)c2)c(B2OC(C)(C)C(C)(C)O2)c1. The van der Waals surface area contributed by atoms with Crippen LogP contribution < -0.4 is 15.5 Å². The van der Waals surface area contributed by atoms with Gasteiger partial charge in [0.05, 0.1) is 21.7 Å². The van der Waals surface area contributed by atoms with Gasteiger partial charge in [-0.2, -0.15) is 13.2 Å². The maximum absolute atomic E-state index is 13.1. The molecule has 0 spiro atoms. The molecule has 0 unspecified atom stereocenters. The lowest BCUT2D eigenvalue weighted by Gasteiger charge is -2.32. The monoisotopic (exact) mass is 456 g/mol. The Morgan fingerprint density at radius 3 is 2.13 bits per heavy atom. The van der Waals surface area contributed by atoms with E-state index in [4.69, 9.17) is 9.31 Å². The Bertz CT molecular complexity index is 1070. The van der Waals surface area contributed by atoms with E-state index in [1.807, 2.05) is 27.7 Å². The Morgan fingerprint density at radius 1 is 0.968 bits per heavy atom. The van der Waals surface area contributed by atoms with Crippen molar-refractivity contribution in [3.63, 3.8) is 0 Å². The summed E-state index contributed by atoms with van der Waals surface area (Å²) in [6.45, 7) is 7.39. The zero-order chi connectivity index (χ0) is 23.2. The quantitative estimate of drug-likeness (QED) is 0.672. The van der Waals surface area contributed by atoms with E-state index < -0.39 is 40.1 Å². The summed E-state index contributed by atoms with van der Waals surface area (Å²) < 4.78 is 78.2. The fraction of sp³-hybridized carbons (Fsp3) is 0.400. The first-order valence-corrected chi connectivity index (χ1v) is 11.0. The summed E-state index contributed by atoms with van der Waals surface area (Å²) in [4.78, 5) is -0.0192. The number of halogens is 3. The molecule has 1 heterocycles. The highest BCUT2D eigenvalue weighted by Gasteiger charge is 2.52. The van der Waals surface area contributed by atoms with E-state index in [9.17, 15) is 21.6 Å². The molecule has 0 radical (unpaired) electrons. The van der Waals surface area contributed by atoms with Crippen molar-refractivity contribution >= 4 is 34.0 Å². The van der Waals surface area contributed by atoms with Gasteiger partial charge in [0.1, 0.15) is 0 Å². The van der Waals surface area contributed by atoms with Crippen LogP contribution in [-0.2, 0) is 25.5 Å². The summed E-state index contributed by atoms with van der Waals surface area (Å²) in [6.07, 6.45) is -4.49. The average Bonchev–Trinajstić information content (AvgIpc) is 2.88. The molecular weight excluding hydrogens is 432 g/mol. The van der Waals surface area contributed by atoms with Gasteiger partial charge < -0.3 is 14.6 Å². The van der Waals surface area contributed by atoms with Crippen molar-refractivity contribution < 1.29 is 30.9 Å². The third-order valence-corrected chi connectivity index (χ3v) is 6.99. The van der Waals surface area contributed by atoms with Crippen LogP contribution in [0.25, 0.3) is 0 Å². The minimum atomic E-state index is -4.49. The van der Waals surface area contributed by atoms with Crippen LogP contribution in [0.15, 0.2) is 47.4 Å². The van der Waals surface area contributed by atoms with E-state index in [1.165, 1.54) is 37.4 Å². The van der Waals surface area contributed by atoms with Gasteiger partial charge in [-0.05, 0) is 71.1 Å². The van der Waals surface area contributed by atoms with Crippen molar-refractivity contribution in [3.05, 3.63) is 48.0 Å². The molecule has 11 heteroatoms. The number of hydrogen-bond acceptors (Lipinski definition) is 5. The summed E-state index contributed by atoms with van der Waals surface area (Å²) >= 11 is 0. The second-order valence-corrected chi connectivity index (χ2v) is 10.1. The van der Waals surface area contributed by atoms with Crippen LogP contribution in [0.3, 0.4) is 0 Å². The van der Waals surface area contributed by atoms with Gasteiger partial charge in [0.2, 0.25) is 10.0 Å². The normalized spacial score (nSPS) is 18.3. The molecule has 0 atom stereocenters. The van der Waals surface area contributed by atoms with Crippen LogP contribution in [0.2, 0.25) is 0 Å². The Labute approximate surface area is 180 Å². The second-order valence-electron chi connectivity index (χ2n) is 8.25. The van der Waals surface area contributed by atoms with E-state index in [-0.39, 0.29) is 10.6 Å². The van der Waals surface area contributed by atoms with Gasteiger partial charge >= 0.3 is 13.3 Å². The summed E-state index contributed by atoms with van der Waals surface area (Å²) in [5.74, 6) is 0. The van der Waals surface area contributed by atoms with Crippen LogP contribution in [-0.4, -0.2) is 33.8 Å². The summed E-state index contributed by atoms with van der Waals surface area (Å²) in [5, 5.41) is 2.94. The molecule has 0 bridgehead atoms. The highest BCUT2D eigenvalue weighted by molar-refractivity contribution is 7.89. The van der Waals surface area contributed by atoms with Crippen LogP contribution in [0.1, 0.15) is 33.3 Å². The lowest BCUT2D eigenvalue weighted by atomic mass is 9.77. The van der Waals surface area contributed by atoms with Crippen molar-refractivity contribution in [2.75, 3.05) is 12.4 Å². The van der Waals surface area contributed by atoms with E-state index in [2.05, 4.69) is 10.0 Å². The fourth-order valence-corrected chi connectivity index (χ4v) is 3.80. The van der Waals surface area contributed by atoms with Gasteiger partial charge in [-0.25, -0.2) is 13.1 Å². The fourth-order valence-electron chi connectivity index (χ4n) is 3.03. The molecule has 0 amide bonds. The largest absolute Gasteiger partial charge is 0.497 e. The van der Waals surface area contributed by atoms with Gasteiger partial charge in [0.25, 0.3) is 0 Å². The number of benzene rings is 2. The molecule has 3 rings (SSSR count). The zero-order valence-corrected chi connectivity index (χ0v) is 18.6. The highest BCUT2D eigenvalue weighted by Crippen LogP contribution is 2.37. The molecule has 31 heavy (non-hydrogen) atoms. The molecule has 0 aliphatic carbocycles. The molecule has 2 N–H and O–H groups in total. The number of rotatable bonds is 5. The molecular formula is C20H24BF3N2O4S. The number of sulfonamides is 1. The third-order valence-electron chi connectivity index (χ3n) is 5.58. The Morgan fingerprint density at radius 2 is 1.58 bits per heavy atom. The molecule has 2 aromatic rings. The first-order chi connectivity index (χ1) is 14.2. The Hall–Kier alpha value is -2.08. The van der Waals surface area contributed by atoms with E-state index in [0.29, 0.717) is 11.2 Å². The van der Waals surface area contributed by atoms with Gasteiger partial charge in [-0.15, -0.1) is 0 Å². The molecule has 1 aliphatic heterocycles. The molecule has 168 valence electrons.